The molecule has 1 N–H and O–H groups in total. The van der Waals surface area contributed by atoms with Gasteiger partial charge in [0.05, 0.1) is 0 Å². The Bertz CT molecular complexity index is 438. The Morgan fingerprint density at radius 3 is 2.79 bits per heavy atom. The van der Waals surface area contributed by atoms with E-state index in [-0.39, 0.29) is 5.82 Å². The molecule has 2 nitrogen and oxygen atoms in total. The van der Waals surface area contributed by atoms with Crippen LogP contribution in [0.5, 0.6) is 0 Å². The first kappa shape index (κ1) is 12.9. The Morgan fingerprint density at radius 1 is 1.26 bits per heavy atom. The van der Waals surface area contributed by atoms with Crippen molar-refractivity contribution in [2.24, 2.45) is 0 Å². The Morgan fingerprint density at radius 2 is 2.05 bits per heavy atom. The topological polar surface area (TPSA) is 15.3 Å². The molecule has 1 aromatic carbocycles. The number of hydrogen-bond acceptors (Lipinski definition) is 2. The van der Waals surface area contributed by atoms with Crippen LogP contribution in [0.25, 0.3) is 0 Å². The minimum absolute atomic E-state index is 0.105. The van der Waals surface area contributed by atoms with Crippen LogP contribution in [0.1, 0.15) is 38.2 Å². The van der Waals surface area contributed by atoms with E-state index in [1.165, 1.54) is 31.2 Å². The summed E-state index contributed by atoms with van der Waals surface area (Å²) in [4.78, 5) is 2.45. The van der Waals surface area contributed by atoms with Crippen LogP contribution in [0.4, 0.5) is 10.1 Å². The number of benzene rings is 1. The van der Waals surface area contributed by atoms with Crippen molar-refractivity contribution in [2.45, 2.75) is 51.1 Å². The van der Waals surface area contributed by atoms with Crippen molar-refractivity contribution in [3.63, 3.8) is 0 Å². The summed E-state index contributed by atoms with van der Waals surface area (Å²) < 4.78 is 13.4. The molecule has 3 heteroatoms. The van der Waals surface area contributed by atoms with Crippen molar-refractivity contribution in [1.29, 1.82) is 0 Å². The minimum atomic E-state index is -0.105. The van der Waals surface area contributed by atoms with E-state index < -0.39 is 0 Å². The standard InChI is InChI=1S/C16H23FN2/c1-2-18-14-5-7-15(8-6-14)19-10-9-12-3-4-13(17)11-16(12)19/h3-4,11,14-15,18H,2,5-10H2,1H3. The first-order valence-electron chi connectivity index (χ1n) is 7.56. The predicted octanol–water partition coefficient (Wildman–Crippen LogP) is 3.11. The molecule has 104 valence electrons. The van der Waals surface area contributed by atoms with Crippen LogP contribution in [0, 0.1) is 5.82 Å². The van der Waals surface area contributed by atoms with Crippen LogP contribution < -0.4 is 10.2 Å². The molecule has 1 aliphatic carbocycles. The average molecular weight is 262 g/mol. The van der Waals surface area contributed by atoms with E-state index in [0.29, 0.717) is 12.1 Å². The van der Waals surface area contributed by atoms with E-state index in [1.807, 2.05) is 6.07 Å². The molecule has 1 aromatic rings. The van der Waals surface area contributed by atoms with E-state index in [9.17, 15) is 4.39 Å². The average Bonchev–Trinajstić information content (AvgIpc) is 2.83. The number of fused-ring (bicyclic) bond motifs is 1. The van der Waals surface area contributed by atoms with Crippen molar-refractivity contribution >= 4 is 5.69 Å². The maximum absolute atomic E-state index is 13.4. The summed E-state index contributed by atoms with van der Waals surface area (Å²) in [6.45, 7) is 4.30. The molecule has 1 heterocycles. The molecule has 1 aliphatic heterocycles. The van der Waals surface area contributed by atoms with E-state index in [4.69, 9.17) is 0 Å². The third-order valence-electron chi connectivity index (χ3n) is 4.61. The van der Waals surface area contributed by atoms with Crippen molar-refractivity contribution in [1.82, 2.24) is 5.32 Å². The monoisotopic (exact) mass is 262 g/mol. The van der Waals surface area contributed by atoms with Gasteiger partial charge in [-0.1, -0.05) is 13.0 Å². The first-order chi connectivity index (χ1) is 9.28. The van der Waals surface area contributed by atoms with Crippen molar-refractivity contribution in [3.8, 4) is 0 Å². The molecule has 0 spiro atoms. The lowest BCUT2D eigenvalue weighted by atomic mass is 9.90. The zero-order valence-corrected chi connectivity index (χ0v) is 11.7. The number of rotatable bonds is 3. The van der Waals surface area contributed by atoms with Gasteiger partial charge in [0.2, 0.25) is 0 Å². The number of hydrogen-bond donors (Lipinski definition) is 1. The second kappa shape index (κ2) is 5.49. The fourth-order valence-electron chi connectivity index (χ4n) is 3.64. The summed E-state index contributed by atoms with van der Waals surface area (Å²) in [7, 11) is 0. The van der Waals surface area contributed by atoms with Gasteiger partial charge < -0.3 is 10.2 Å². The smallest absolute Gasteiger partial charge is 0.125 e. The summed E-state index contributed by atoms with van der Waals surface area (Å²) in [5.74, 6) is -0.105. The van der Waals surface area contributed by atoms with Gasteiger partial charge in [-0.25, -0.2) is 4.39 Å². The molecule has 1 fully saturated rings. The van der Waals surface area contributed by atoms with Crippen LogP contribution in [0.2, 0.25) is 0 Å². The molecule has 2 aliphatic rings. The quantitative estimate of drug-likeness (QED) is 0.900. The number of anilines is 1. The van der Waals surface area contributed by atoms with Crippen LogP contribution >= 0.6 is 0 Å². The first-order valence-corrected chi connectivity index (χ1v) is 7.56. The lowest BCUT2D eigenvalue weighted by Crippen LogP contribution is -2.41. The van der Waals surface area contributed by atoms with Crippen LogP contribution in [-0.2, 0) is 6.42 Å². The molecule has 19 heavy (non-hydrogen) atoms. The molecule has 0 atom stereocenters. The van der Waals surface area contributed by atoms with Gasteiger partial charge in [0.1, 0.15) is 5.82 Å². The van der Waals surface area contributed by atoms with E-state index in [2.05, 4.69) is 17.1 Å². The van der Waals surface area contributed by atoms with Crippen LogP contribution in [0.15, 0.2) is 18.2 Å². The molecule has 0 aromatic heterocycles. The Kier molecular flexibility index (Phi) is 3.74. The lowest BCUT2D eigenvalue weighted by molar-refractivity contribution is 0.338. The summed E-state index contributed by atoms with van der Waals surface area (Å²) in [5, 5.41) is 3.55. The van der Waals surface area contributed by atoms with Crippen molar-refractivity contribution < 1.29 is 4.39 Å². The largest absolute Gasteiger partial charge is 0.368 e. The molecule has 0 radical (unpaired) electrons. The predicted molar refractivity (Wildman–Crippen MR) is 77.2 cm³/mol. The zero-order chi connectivity index (χ0) is 13.2. The van der Waals surface area contributed by atoms with Gasteiger partial charge in [-0.3, -0.25) is 0 Å². The molecule has 1 saturated carbocycles. The molecular weight excluding hydrogens is 239 g/mol. The van der Waals surface area contributed by atoms with Crippen LogP contribution in [0.3, 0.4) is 0 Å². The highest BCUT2D eigenvalue weighted by atomic mass is 19.1. The lowest BCUT2D eigenvalue weighted by Gasteiger charge is -2.36. The zero-order valence-electron chi connectivity index (χ0n) is 11.7. The molecule has 0 amide bonds. The van der Waals surface area contributed by atoms with Gasteiger partial charge in [-0.05, 0) is 56.3 Å². The molecule has 3 rings (SSSR count). The minimum Gasteiger partial charge on any atom is -0.368 e. The molecular formula is C16H23FN2. The number of nitrogens with one attached hydrogen (secondary N) is 1. The van der Waals surface area contributed by atoms with Gasteiger partial charge in [0.15, 0.2) is 0 Å². The molecule has 0 unspecified atom stereocenters. The Balaban J connectivity index is 1.68. The van der Waals surface area contributed by atoms with E-state index in [0.717, 1.165) is 25.2 Å². The summed E-state index contributed by atoms with van der Waals surface area (Å²) in [6.07, 6.45) is 6.03. The maximum Gasteiger partial charge on any atom is 0.125 e. The summed E-state index contributed by atoms with van der Waals surface area (Å²) >= 11 is 0. The summed E-state index contributed by atoms with van der Waals surface area (Å²) in [6, 6.07) is 6.56. The number of halogens is 1. The second-order valence-corrected chi connectivity index (χ2v) is 5.78. The van der Waals surface area contributed by atoms with Gasteiger partial charge >= 0.3 is 0 Å². The van der Waals surface area contributed by atoms with Gasteiger partial charge in [-0.15, -0.1) is 0 Å². The van der Waals surface area contributed by atoms with Crippen molar-refractivity contribution in [2.75, 3.05) is 18.0 Å². The third kappa shape index (κ3) is 2.62. The van der Waals surface area contributed by atoms with Crippen LogP contribution in [-0.4, -0.2) is 25.2 Å². The Hall–Kier alpha value is -1.09. The fraction of sp³-hybridized carbons (Fsp3) is 0.625. The summed E-state index contributed by atoms with van der Waals surface area (Å²) in [5.41, 5.74) is 2.46. The Labute approximate surface area is 115 Å². The normalized spacial score (nSPS) is 26.5. The van der Waals surface area contributed by atoms with Gasteiger partial charge in [-0.2, -0.15) is 0 Å². The van der Waals surface area contributed by atoms with Crippen molar-refractivity contribution in [3.05, 3.63) is 29.6 Å². The molecule has 0 saturated heterocycles. The van der Waals surface area contributed by atoms with E-state index in [1.54, 1.807) is 12.1 Å². The van der Waals surface area contributed by atoms with Gasteiger partial charge in [0.25, 0.3) is 0 Å². The second-order valence-electron chi connectivity index (χ2n) is 5.78. The van der Waals surface area contributed by atoms with E-state index >= 15 is 0 Å². The maximum atomic E-state index is 13.4. The highest BCUT2D eigenvalue weighted by Crippen LogP contribution is 2.34. The SMILES string of the molecule is CCNC1CCC(N2CCc3ccc(F)cc32)CC1. The highest BCUT2D eigenvalue weighted by molar-refractivity contribution is 5.59. The fourth-order valence-corrected chi connectivity index (χ4v) is 3.64. The number of nitrogens with zero attached hydrogens (tertiary/aromatic N) is 1. The highest BCUT2D eigenvalue weighted by Gasteiger charge is 2.29. The van der Waals surface area contributed by atoms with Gasteiger partial charge in [0, 0.05) is 24.3 Å². The third-order valence-corrected chi connectivity index (χ3v) is 4.61. The molecule has 0 bridgehead atoms.